The Labute approximate surface area is 74.6 Å². The van der Waals surface area contributed by atoms with Crippen LogP contribution >= 0.6 is 0 Å². The monoisotopic (exact) mass is 173 g/mol. The molecule has 0 saturated carbocycles. The molecule has 0 spiro atoms. The first kappa shape index (κ1) is 9.20. The Bertz CT molecular complexity index is 405. The fraction of sp³-hybridized carbons (Fsp3) is 0. The molecule has 6 heteroatoms. The van der Waals surface area contributed by atoms with Crippen LogP contribution < -0.4 is 5.46 Å². The fourth-order valence-electron chi connectivity index (χ4n) is 0.830. The van der Waals surface area contributed by atoms with Gasteiger partial charge in [0.05, 0.1) is 0 Å². The average molecular weight is 173 g/mol. The summed E-state index contributed by atoms with van der Waals surface area (Å²) in [7, 11) is -1.74. The highest BCUT2D eigenvalue weighted by Crippen LogP contribution is 1.95. The molecule has 0 unspecified atom stereocenters. The third-order valence-electron chi connectivity index (χ3n) is 1.43. The molecule has 13 heavy (non-hydrogen) atoms. The summed E-state index contributed by atoms with van der Waals surface area (Å²) in [5, 5.41) is 34.5. The van der Waals surface area contributed by atoms with E-state index < -0.39 is 7.12 Å². The molecule has 0 aliphatic heterocycles. The van der Waals surface area contributed by atoms with Crippen molar-refractivity contribution in [1.29, 1.82) is 10.5 Å². The first-order chi connectivity index (χ1) is 6.19. The van der Waals surface area contributed by atoms with Crippen molar-refractivity contribution in [2.24, 2.45) is 0 Å². The maximum absolute atomic E-state index is 8.78. The van der Waals surface area contributed by atoms with Crippen LogP contribution in [0.25, 0.3) is 0 Å². The minimum Gasteiger partial charge on any atom is -0.423 e. The zero-order chi connectivity index (χ0) is 9.84. The smallest absolute Gasteiger partial charge is 0.423 e. The number of aromatic nitrogens is 1. The van der Waals surface area contributed by atoms with Gasteiger partial charge in [0, 0.05) is 5.46 Å². The summed E-state index contributed by atoms with van der Waals surface area (Å²) in [6.45, 7) is 0. The lowest BCUT2D eigenvalue weighted by atomic mass is 9.79. The molecule has 1 rings (SSSR count). The lowest BCUT2D eigenvalue weighted by molar-refractivity contribution is 0.425. The van der Waals surface area contributed by atoms with Crippen LogP contribution in [0.1, 0.15) is 11.4 Å². The number of nitriles is 2. The Morgan fingerprint density at radius 2 is 1.92 bits per heavy atom. The third-order valence-corrected chi connectivity index (χ3v) is 1.43. The van der Waals surface area contributed by atoms with E-state index in [-0.39, 0.29) is 16.9 Å². The number of rotatable bonds is 1. The third kappa shape index (κ3) is 1.82. The van der Waals surface area contributed by atoms with E-state index in [0.29, 0.717) is 0 Å². The predicted molar refractivity (Wildman–Crippen MR) is 43.5 cm³/mol. The van der Waals surface area contributed by atoms with E-state index in [1.54, 1.807) is 12.1 Å². The van der Waals surface area contributed by atoms with Gasteiger partial charge in [0.15, 0.2) is 0 Å². The van der Waals surface area contributed by atoms with E-state index in [0.717, 1.165) is 0 Å². The number of hydrogen-bond acceptors (Lipinski definition) is 5. The van der Waals surface area contributed by atoms with Crippen LogP contribution in [0.3, 0.4) is 0 Å². The zero-order valence-corrected chi connectivity index (χ0v) is 6.47. The van der Waals surface area contributed by atoms with E-state index in [9.17, 15) is 0 Å². The van der Waals surface area contributed by atoms with Gasteiger partial charge in [-0.3, -0.25) is 0 Å². The highest BCUT2D eigenvalue weighted by molar-refractivity contribution is 6.59. The van der Waals surface area contributed by atoms with Gasteiger partial charge in [-0.1, -0.05) is 6.07 Å². The van der Waals surface area contributed by atoms with Gasteiger partial charge in [-0.2, -0.15) is 10.5 Å². The summed E-state index contributed by atoms with van der Waals surface area (Å²) in [6, 6.07) is 6.01. The molecule has 0 fully saturated rings. The minimum atomic E-state index is -1.74. The molecule has 0 aliphatic carbocycles. The molecule has 0 aliphatic rings. The van der Waals surface area contributed by atoms with Crippen molar-refractivity contribution in [3.63, 3.8) is 0 Å². The lowest BCUT2D eigenvalue weighted by Gasteiger charge is -2.00. The summed E-state index contributed by atoms with van der Waals surface area (Å²) in [6.07, 6.45) is 0. The van der Waals surface area contributed by atoms with Crippen LogP contribution in [-0.2, 0) is 0 Å². The molecule has 2 N–H and O–H groups in total. The summed E-state index contributed by atoms with van der Waals surface area (Å²) in [5.41, 5.74) is -0.0727. The van der Waals surface area contributed by atoms with Crippen LogP contribution in [0.4, 0.5) is 0 Å². The highest BCUT2D eigenvalue weighted by atomic mass is 16.4. The van der Waals surface area contributed by atoms with Gasteiger partial charge >= 0.3 is 7.12 Å². The molecule has 0 radical (unpaired) electrons. The summed E-state index contributed by atoms with van der Waals surface area (Å²) < 4.78 is 0. The minimum absolute atomic E-state index is 0.00139. The Morgan fingerprint density at radius 1 is 1.23 bits per heavy atom. The van der Waals surface area contributed by atoms with Gasteiger partial charge < -0.3 is 10.0 Å². The van der Waals surface area contributed by atoms with Crippen molar-refractivity contribution in [2.75, 3.05) is 0 Å². The highest BCUT2D eigenvalue weighted by Gasteiger charge is 2.17. The van der Waals surface area contributed by atoms with E-state index in [1.165, 1.54) is 12.1 Å². The second kappa shape index (κ2) is 3.68. The van der Waals surface area contributed by atoms with Crippen molar-refractivity contribution in [2.45, 2.75) is 0 Å². The molecular formula is C7H4BN3O2. The van der Waals surface area contributed by atoms with E-state index in [2.05, 4.69) is 4.98 Å². The fourth-order valence-corrected chi connectivity index (χ4v) is 0.830. The number of nitrogens with zero attached hydrogens (tertiary/aromatic N) is 3. The molecule has 62 valence electrons. The van der Waals surface area contributed by atoms with Crippen molar-refractivity contribution < 1.29 is 10.0 Å². The van der Waals surface area contributed by atoms with E-state index in [4.69, 9.17) is 20.6 Å². The lowest BCUT2D eigenvalue weighted by Crippen LogP contribution is -2.33. The topological polar surface area (TPSA) is 101 Å². The van der Waals surface area contributed by atoms with Crippen molar-refractivity contribution in [1.82, 2.24) is 4.98 Å². The van der Waals surface area contributed by atoms with Crippen LogP contribution in [0.15, 0.2) is 12.1 Å². The van der Waals surface area contributed by atoms with Gasteiger partial charge in [-0.25, -0.2) is 4.98 Å². The van der Waals surface area contributed by atoms with Gasteiger partial charge in [-0.15, -0.1) is 0 Å². The van der Waals surface area contributed by atoms with Crippen molar-refractivity contribution in [3.8, 4) is 12.1 Å². The molecule has 0 atom stereocenters. The Kier molecular flexibility index (Phi) is 2.60. The predicted octanol–water partition coefficient (Wildman–Crippen LogP) is -1.50. The van der Waals surface area contributed by atoms with Gasteiger partial charge in [0.2, 0.25) is 0 Å². The molecule has 5 nitrogen and oxygen atoms in total. The molecule has 1 heterocycles. The number of pyridine rings is 1. The average Bonchev–Trinajstić information content (AvgIpc) is 2.16. The molecule has 1 aromatic rings. The first-order valence-corrected chi connectivity index (χ1v) is 3.36. The normalized spacial score (nSPS) is 8.62. The quantitative estimate of drug-likeness (QED) is 0.503. The first-order valence-electron chi connectivity index (χ1n) is 3.36. The summed E-state index contributed by atoms with van der Waals surface area (Å²) in [5.74, 6) is 0. The zero-order valence-electron chi connectivity index (χ0n) is 6.47. The molecule has 0 amide bonds. The van der Waals surface area contributed by atoms with E-state index in [1.807, 2.05) is 0 Å². The van der Waals surface area contributed by atoms with Crippen LogP contribution in [0.5, 0.6) is 0 Å². The molecular weight excluding hydrogens is 169 g/mol. The van der Waals surface area contributed by atoms with Gasteiger partial charge in [0.25, 0.3) is 0 Å². The largest absolute Gasteiger partial charge is 0.491 e. The second-order valence-electron chi connectivity index (χ2n) is 2.23. The van der Waals surface area contributed by atoms with Crippen LogP contribution in [-0.4, -0.2) is 22.2 Å². The Balaban J connectivity index is 3.28. The van der Waals surface area contributed by atoms with Crippen molar-refractivity contribution >= 4 is 12.6 Å². The second-order valence-corrected chi connectivity index (χ2v) is 2.23. The maximum Gasteiger partial charge on any atom is 0.491 e. The summed E-state index contributed by atoms with van der Waals surface area (Å²) in [4.78, 5) is 3.59. The molecule has 1 aromatic heterocycles. The van der Waals surface area contributed by atoms with E-state index >= 15 is 0 Å². The van der Waals surface area contributed by atoms with Crippen molar-refractivity contribution in [3.05, 3.63) is 23.5 Å². The standard InChI is InChI=1S/C7H4BN3O2/c9-3-5-1-2-6(8(12)13)7(4-10)11-5/h1-2,12-13H. The van der Waals surface area contributed by atoms with Crippen LogP contribution in [0.2, 0.25) is 0 Å². The SMILES string of the molecule is N#Cc1ccc(B(O)O)c(C#N)n1. The van der Waals surface area contributed by atoms with Gasteiger partial charge in [-0.05, 0) is 6.07 Å². The number of hydrogen-bond donors (Lipinski definition) is 2. The molecule has 0 bridgehead atoms. The molecule has 0 aromatic carbocycles. The Morgan fingerprint density at radius 3 is 2.38 bits per heavy atom. The maximum atomic E-state index is 8.78. The summed E-state index contributed by atoms with van der Waals surface area (Å²) >= 11 is 0. The molecule has 0 saturated heterocycles. The Hall–Kier alpha value is -1.89. The van der Waals surface area contributed by atoms with Gasteiger partial charge in [0.1, 0.15) is 23.5 Å². The van der Waals surface area contributed by atoms with Crippen LogP contribution in [0, 0.1) is 22.7 Å².